The first-order valence-electron chi connectivity index (χ1n) is 6.92. The quantitative estimate of drug-likeness (QED) is 0.770. The van der Waals surface area contributed by atoms with Crippen LogP contribution in [-0.2, 0) is 4.74 Å². The summed E-state index contributed by atoms with van der Waals surface area (Å²) in [5.74, 6) is 0.563. The Morgan fingerprint density at radius 3 is 2.43 bits per heavy atom. The van der Waals surface area contributed by atoms with Crippen LogP contribution in [0.5, 0.6) is 5.75 Å². The normalized spacial score (nSPS) is 33.0. The second kappa shape index (κ2) is 5.61. The van der Waals surface area contributed by atoms with E-state index in [1.807, 2.05) is 36.4 Å². The third kappa shape index (κ3) is 2.61. The number of rotatable bonds is 2. The molecule has 0 saturated carbocycles. The summed E-state index contributed by atoms with van der Waals surface area (Å²) in [4.78, 5) is 0. The molecule has 2 aromatic rings. The maximum absolute atomic E-state index is 10.00. The van der Waals surface area contributed by atoms with Crippen LogP contribution in [0.4, 0.5) is 0 Å². The number of hydrogen-bond donors (Lipinski definition) is 3. The second-order valence-electron chi connectivity index (χ2n) is 5.28. The Kier molecular flexibility index (Phi) is 3.82. The highest BCUT2D eigenvalue weighted by atomic mass is 16.7. The van der Waals surface area contributed by atoms with Gasteiger partial charge >= 0.3 is 0 Å². The summed E-state index contributed by atoms with van der Waals surface area (Å²) in [6.07, 6.45) is -5.39. The van der Waals surface area contributed by atoms with Crippen molar-refractivity contribution in [3.63, 3.8) is 0 Å². The highest BCUT2D eigenvalue weighted by Crippen LogP contribution is 2.29. The van der Waals surface area contributed by atoms with E-state index in [0.29, 0.717) is 5.75 Å². The molecule has 0 aromatic heterocycles. The van der Waals surface area contributed by atoms with Crippen molar-refractivity contribution >= 4 is 10.8 Å². The third-order valence-electron chi connectivity index (χ3n) is 3.80. The fourth-order valence-corrected chi connectivity index (χ4v) is 2.53. The van der Waals surface area contributed by atoms with Crippen LogP contribution in [0.1, 0.15) is 6.92 Å². The summed E-state index contributed by atoms with van der Waals surface area (Å²) in [5.41, 5.74) is 0. The van der Waals surface area contributed by atoms with Crippen molar-refractivity contribution in [2.45, 2.75) is 37.6 Å². The van der Waals surface area contributed by atoms with Gasteiger partial charge in [-0.1, -0.05) is 36.4 Å². The van der Waals surface area contributed by atoms with Crippen LogP contribution in [-0.4, -0.2) is 46.0 Å². The summed E-state index contributed by atoms with van der Waals surface area (Å²) in [6, 6.07) is 13.3. The molecular formula is C16H18O5. The summed E-state index contributed by atoms with van der Waals surface area (Å²) in [5, 5.41) is 31.4. The topological polar surface area (TPSA) is 79.2 Å². The van der Waals surface area contributed by atoms with Gasteiger partial charge < -0.3 is 24.8 Å². The van der Waals surface area contributed by atoms with Crippen LogP contribution in [0, 0.1) is 0 Å². The number of aliphatic hydroxyl groups is 3. The number of fused-ring (bicyclic) bond motifs is 1. The highest BCUT2D eigenvalue weighted by molar-refractivity contribution is 5.88. The molecule has 1 unspecified atom stereocenters. The SMILES string of the molecule is C[C@H]1OC(Oc2cccc3ccccc23)[C@H](O)[C@@H](O)[C@H]1O. The van der Waals surface area contributed by atoms with Crippen molar-refractivity contribution in [2.24, 2.45) is 0 Å². The first-order chi connectivity index (χ1) is 10.1. The Hall–Kier alpha value is -1.66. The number of benzene rings is 2. The molecule has 1 fully saturated rings. The molecule has 5 atom stereocenters. The fourth-order valence-electron chi connectivity index (χ4n) is 2.53. The van der Waals surface area contributed by atoms with Crippen LogP contribution in [0.25, 0.3) is 10.8 Å². The van der Waals surface area contributed by atoms with Gasteiger partial charge in [-0.05, 0) is 18.4 Å². The Morgan fingerprint density at radius 1 is 0.905 bits per heavy atom. The van der Waals surface area contributed by atoms with Gasteiger partial charge in [0, 0.05) is 5.39 Å². The molecule has 0 spiro atoms. The zero-order valence-corrected chi connectivity index (χ0v) is 11.6. The van der Waals surface area contributed by atoms with Gasteiger partial charge in [0.05, 0.1) is 6.10 Å². The first kappa shape index (κ1) is 14.3. The summed E-state index contributed by atoms with van der Waals surface area (Å²) in [7, 11) is 0. The van der Waals surface area contributed by atoms with Crippen LogP contribution >= 0.6 is 0 Å². The lowest BCUT2D eigenvalue weighted by Gasteiger charge is -2.39. The molecule has 0 bridgehead atoms. The van der Waals surface area contributed by atoms with Crippen molar-refractivity contribution in [2.75, 3.05) is 0 Å². The minimum atomic E-state index is -1.31. The molecule has 0 amide bonds. The lowest BCUT2D eigenvalue weighted by atomic mass is 10.00. The molecule has 5 heteroatoms. The zero-order valence-electron chi connectivity index (χ0n) is 11.6. The average Bonchev–Trinajstić information content (AvgIpc) is 2.51. The van der Waals surface area contributed by atoms with Gasteiger partial charge in [-0.2, -0.15) is 0 Å². The molecule has 3 rings (SSSR count). The van der Waals surface area contributed by atoms with E-state index in [0.717, 1.165) is 10.8 Å². The van der Waals surface area contributed by atoms with Crippen molar-refractivity contribution in [3.8, 4) is 5.75 Å². The predicted molar refractivity (Wildman–Crippen MR) is 76.9 cm³/mol. The molecule has 21 heavy (non-hydrogen) atoms. The molecule has 3 N–H and O–H groups in total. The van der Waals surface area contributed by atoms with Gasteiger partial charge in [-0.25, -0.2) is 0 Å². The van der Waals surface area contributed by atoms with E-state index in [2.05, 4.69) is 0 Å². The van der Waals surface area contributed by atoms with Crippen LogP contribution < -0.4 is 4.74 Å². The Morgan fingerprint density at radius 2 is 1.62 bits per heavy atom. The first-order valence-corrected chi connectivity index (χ1v) is 6.92. The van der Waals surface area contributed by atoms with Crippen LogP contribution in [0.2, 0.25) is 0 Å². The molecule has 1 saturated heterocycles. The van der Waals surface area contributed by atoms with E-state index in [-0.39, 0.29) is 0 Å². The molecule has 1 aliphatic rings. The molecule has 1 aliphatic heterocycles. The maximum atomic E-state index is 10.00. The molecule has 2 aromatic carbocycles. The molecule has 112 valence electrons. The van der Waals surface area contributed by atoms with Crippen molar-refractivity contribution in [1.82, 2.24) is 0 Å². The van der Waals surface area contributed by atoms with Gasteiger partial charge in [0.15, 0.2) is 0 Å². The minimum Gasteiger partial charge on any atom is -0.461 e. The van der Waals surface area contributed by atoms with E-state index in [4.69, 9.17) is 9.47 Å². The van der Waals surface area contributed by atoms with E-state index >= 15 is 0 Å². The second-order valence-corrected chi connectivity index (χ2v) is 5.28. The molecular weight excluding hydrogens is 272 g/mol. The molecule has 5 nitrogen and oxygen atoms in total. The molecule has 0 radical (unpaired) electrons. The van der Waals surface area contributed by atoms with Gasteiger partial charge in [-0.15, -0.1) is 0 Å². The van der Waals surface area contributed by atoms with E-state index in [9.17, 15) is 15.3 Å². The number of hydrogen-bond acceptors (Lipinski definition) is 5. The van der Waals surface area contributed by atoms with Gasteiger partial charge in [-0.3, -0.25) is 0 Å². The Labute approximate surface area is 122 Å². The lowest BCUT2D eigenvalue weighted by molar-refractivity contribution is -0.267. The van der Waals surface area contributed by atoms with Crippen molar-refractivity contribution < 1.29 is 24.8 Å². The number of ether oxygens (including phenoxy) is 2. The summed E-state index contributed by atoms with van der Waals surface area (Å²) >= 11 is 0. The molecule has 0 aliphatic carbocycles. The van der Waals surface area contributed by atoms with E-state index < -0.39 is 30.7 Å². The lowest BCUT2D eigenvalue weighted by Crippen LogP contribution is -2.58. The molecule has 1 heterocycles. The third-order valence-corrected chi connectivity index (χ3v) is 3.80. The van der Waals surface area contributed by atoms with Crippen LogP contribution in [0.15, 0.2) is 42.5 Å². The van der Waals surface area contributed by atoms with Crippen molar-refractivity contribution in [3.05, 3.63) is 42.5 Å². The Bertz CT molecular complexity index is 624. The largest absolute Gasteiger partial charge is 0.461 e. The average molecular weight is 290 g/mol. The standard InChI is InChI=1S/C16H18O5/c1-9-13(17)14(18)15(19)16(20-9)21-12-8-4-6-10-5-2-3-7-11(10)12/h2-9,13-19H,1H3/t9-,13+,14+,15-,16?/m1/s1. The van der Waals surface area contributed by atoms with E-state index in [1.54, 1.807) is 13.0 Å². The van der Waals surface area contributed by atoms with Gasteiger partial charge in [0.25, 0.3) is 0 Å². The summed E-state index contributed by atoms with van der Waals surface area (Å²) in [6.45, 7) is 1.62. The fraction of sp³-hybridized carbons (Fsp3) is 0.375. The Balaban J connectivity index is 1.88. The smallest absolute Gasteiger partial charge is 0.229 e. The maximum Gasteiger partial charge on any atom is 0.229 e. The summed E-state index contributed by atoms with van der Waals surface area (Å²) < 4.78 is 11.2. The highest BCUT2D eigenvalue weighted by Gasteiger charge is 2.43. The van der Waals surface area contributed by atoms with Crippen molar-refractivity contribution in [1.29, 1.82) is 0 Å². The monoisotopic (exact) mass is 290 g/mol. The minimum absolute atomic E-state index is 0.563. The predicted octanol–water partition coefficient (Wildman–Crippen LogP) is 1.05. The number of aliphatic hydroxyl groups excluding tert-OH is 3. The van der Waals surface area contributed by atoms with Gasteiger partial charge in [0.1, 0.15) is 24.1 Å². The van der Waals surface area contributed by atoms with E-state index in [1.165, 1.54) is 0 Å². The van der Waals surface area contributed by atoms with Gasteiger partial charge in [0.2, 0.25) is 6.29 Å². The van der Waals surface area contributed by atoms with Crippen LogP contribution in [0.3, 0.4) is 0 Å². The zero-order chi connectivity index (χ0) is 15.0.